The fourth-order valence-electron chi connectivity index (χ4n) is 3.96. The van der Waals surface area contributed by atoms with Gasteiger partial charge in [0.05, 0.1) is 5.69 Å². The molecular weight excluding hydrogens is 251 g/mol. The number of halogens is 1. The molecule has 0 aromatic heterocycles. The van der Waals surface area contributed by atoms with E-state index in [1.807, 2.05) is 19.1 Å². The molecule has 3 rings (SSSR count). The van der Waals surface area contributed by atoms with Gasteiger partial charge in [-0.25, -0.2) is 4.39 Å². The second kappa shape index (κ2) is 5.72. The molecular formula is C17H25FN2. The molecule has 1 unspecified atom stereocenters. The number of benzene rings is 1. The molecule has 1 heterocycles. The van der Waals surface area contributed by atoms with Gasteiger partial charge in [-0.1, -0.05) is 18.9 Å². The summed E-state index contributed by atoms with van der Waals surface area (Å²) in [5, 5.41) is 0. The van der Waals surface area contributed by atoms with Crippen molar-refractivity contribution in [2.24, 2.45) is 11.7 Å². The minimum atomic E-state index is -0.109. The maximum Gasteiger partial charge on any atom is 0.146 e. The number of hydrogen-bond donors (Lipinski definition) is 1. The van der Waals surface area contributed by atoms with E-state index >= 15 is 0 Å². The summed E-state index contributed by atoms with van der Waals surface area (Å²) in [4.78, 5) is 2.32. The van der Waals surface area contributed by atoms with Gasteiger partial charge >= 0.3 is 0 Å². The highest BCUT2D eigenvalue weighted by atomic mass is 19.1. The van der Waals surface area contributed by atoms with Crippen molar-refractivity contribution in [1.29, 1.82) is 0 Å². The second-order valence-electron chi connectivity index (χ2n) is 6.45. The lowest BCUT2D eigenvalue weighted by molar-refractivity contribution is 0.427. The topological polar surface area (TPSA) is 29.3 Å². The number of rotatable bonds is 3. The summed E-state index contributed by atoms with van der Waals surface area (Å²) < 4.78 is 14.4. The first-order valence-electron chi connectivity index (χ1n) is 7.98. The molecule has 2 nitrogen and oxygen atoms in total. The summed E-state index contributed by atoms with van der Waals surface area (Å²) in [6, 6.07) is 5.97. The summed E-state index contributed by atoms with van der Waals surface area (Å²) >= 11 is 0. The number of nitrogens with zero attached hydrogens (tertiary/aromatic N) is 1. The van der Waals surface area contributed by atoms with Crippen molar-refractivity contribution in [3.63, 3.8) is 0 Å². The molecule has 20 heavy (non-hydrogen) atoms. The molecule has 0 spiro atoms. The number of anilines is 1. The highest BCUT2D eigenvalue weighted by molar-refractivity contribution is 5.51. The Morgan fingerprint density at radius 2 is 1.95 bits per heavy atom. The predicted molar refractivity (Wildman–Crippen MR) is 81.3 cm³/mol. The van der Waals surface area contributed by atoms with E-state index in [0.717, 1.165) is 23.7 Å². The lowest BCUT2D eigenvalue weighted by Crippen LogP contribution is -2.35. The molecule has 2 aliphatic rings. The van der Waals surface area contributed by atoms with Crippen LogP contribution in [0.2, 0.25) is 0 Å². The Kier molecular flexibility index (Phi) is 3.97. The maximum atomic E-state index is 14.4. The molecule has 1 saturated carbocycles. The quantitative estimate of drug-likeness (QED) is 0.904. The molecule has 2 atom stereocenters. The van der Waals surface area contributed by atoms with E-state index in [4.69, 9.17) is 5.73 Å². The second-order valence-corrected chi connectivity index (χ2v) is 6.45. The highest BCUT2D eigenvalue weighted by Gasteiger charge is 2.34. The van der Waals surface area contributed by atoms with E-state index in [1.54, 1.807) is 6.07 Å². The third-order valence-corrected chi connectivity index (χ3v) is 5.05. The third-order valence-electron chi connectivity index (χ3n) is 5.05. The van der Waals surface area contributed by atoms with Crippen LogP contribution in [0.3, 0.4) is 0 Å². The van der Waals surface area contributed by atoms with Gasteiger partial charge in [-0.15, -0.1) is 0 Å². The van der Waals surface area contributed by atoms with Gasteiger partial charge in [-0.3, -0.25) is 0 Å². The molecule has 0 bridgehead atoms. The molecule has 1 saturated heterocycles. The van der Waals surface area contributed by atoms with Crippen molar-refractivity contribution >= 4 is 5.69 Å². The first-order valence-corrected chi connectivity index (χ1v) is 7.98. The van der Waals surface area contributed by atoms with E-state index in [0.29, 0.717) is 6.04 Å². The molecule has 110 valence electrons. The van der Waals surface area contributed by atoms with Crippen LogP contribution in [0, 0.1) is 11.7 Å². The van der Waals surface area contributed by atoms with Gasteiger partial charge in [-0.05, 0) is 56.2 Å². The Labute approximate surface area is 121 Å². The molecule has 1 aromatic rings. The van der Waals surface area contributed by atoms with Crippen LogP contribution in [-0.2, 0) is 0 Å². The van der Waals surface area contributed by atoms with Crippen molar-refractivity contribution in [2.75, 3.05) is 11.4 Å². The lowest BCUT2D eigenvalue weighted by Gasteiger charge is -2.31. The Balaban J connectivity index is 1.83. The van der Waals surface area contributed by atoms with Crippen LogP contribution >= 0.6 is 0 Å². The summed E-state index contributed by atoms with van der Waals surface area (Å²) in [6.45, 7) is 2.89. The van der Waals surface area contributed by atoms with Gasteiger partial charge in [0, 0.05) is 18.6 Å². The van der Waals surface area contributed by atoms with Gasteiger partial charge in [-0.2, -0.15) is 0 Å². The molecule has 2 N–H and O–H groups in total. The molecule has 3 heteroatoms. The fourth-order valence-corrected chi connectivity index (χ4v) is 3.96. The van der Waals surface area contributed by atoms with Crippen LogP contribution in [0.25, 0.3) is 0 Å². The molecule has 0 radical (unpaired) electrons. The van der Waals surface area contributed by atoms with E-state index in [2.05, 4.69) is 4.90 Å². The molecule has 2 fully saturated rings. The van der Waals surface area contributed by atoms with E-state index in [1.165, 1.54) is 38.5 Å². The van der Waals surface area contributed by atoms with Crippen LogP contribution in [0.4, 0.5) is 10.1 Å². The molecule has 1 aliphatic heterocycles. The Morgan fingerprint density at radius 3 is 2.60 bits per heavy atom. The van der Waals surface area contributed by atoms with Crippen LogP contribution in [0.15, 0.2) is 18.2 Å². The standard InChI is InChI=1S/C17H25FN2/c1-12(19)14-8-9-17(15(18)11-14)20-10-4-7-16(20)13-5-2-3-6-13/h8-9,11-13,16H,2-7,10,19H2,1H3/t12-,16?/m1/s1. The zero-order valence-corrected chi connectivity index (χ0v) is 12.3. The monoisotopic (exact) mass is 276 g/mol. The molecule has 0 amide bonds. The third kappa shape index (κ3) is 2.56. The highest BCUT2D eigenvalue weighted by Crippen LogP contribution is 2.38. The summed E-state index contributed by atoms with van der Waals surface area (Å²) in [6.07, 6.45) is 7.75. The SMILES string of the molecule is C[C@@H](N)c1ccc(N2CCCC2C2CCCC2)c(F)c1. The normalized spacial score (nSPS) is 25.4. The Hall–Kier alpha value is -1.09. The first-order chi connectivity index (χ1) is 9.66. The Bertz CT molecular complexity index is 466. The van der Waals surface area contributed by atoms with Crippen molar-refractivity contribution in [2.45, 2.75) is 57.5 Å². The van der Waals surface area contributed by atoms with Crippen molar-refractivity contribution < 1.29 is 4.39 Å². The molecule has 1 aromatic carbocycles. The van der Waals surface area contributed by atoms with Crippen LogP contribution < -0.4 is 10.6 Å². The fraction of sp³-hybridized carbons (Fsp3) is 0.647. The van der Waals surface area contributed by atoms with Crippen molar-refractivity contribution in [3.05, 3.63) is 29.6 Å². The summed E-state index contributed by atoms with van der Waals surface area (Å²) in [5.74, 6) is 0.662. The van der Waals surface area contributed by atoms with E-state index < -0.39 is 0 Å². The smallest absolute Gasteiger partial charge is 0.146 e. The number of nitrogens with two attached hydrogens (primary N) is 1. The van der Waals surface area contributed by atoms with Crippen LogP contribution in [-0.4, -0.2) is 12.6 Å². The van der Waals surface area contributed by atoms with Gasteiger partial charge in [0.2, 0.25) is 0 Å². The Morgan fingerprint density at radius 1 is 1.20 bits per heavy atom. The van der Waals surface area contributed by atoms with E-state index in [9.17, 15) is 4.39 Å². The van der Waals surface area contributed by atoms with Gasteiger partial charge in [0.15, 0.2) is 0 Å². The predicted octanol–water partition coefficient (Wildman–Crippen LogP) is 4.00. The maximum absolute atomic E-state index is 14.4. The van der Waals surface area contributed by atoms with E-state index in [-0.39, 0.29) is 11.9 Å². The van der Waals surface area contributed by atoms with Gasteiger partial charge < -0.3 is 10.6 Å². The van der Waals surface area contributed by atoms with Gasteiger partial charge in [0.25, 0.3) is 0 Å². The average molecular weight is 276 g/mol. The van der Waals surface area contributed by atoms with Gasteiger partial charge in [0.1, 0.15) is 5.82 Å². The average Bonchev–Trinajstić information content (AvgIpc) is 3.09. The largest absolute Gasteiger partial charge is 0.366 e. The first kappa shape index (κ1) is 13.9. The minimum Gasteiger partial charge on any atom is -0.366 e. The minimum absolute atomic E-state index is 0.107. The zero-order valence-electron chi connectivity index (χ0n) is 12.3. The summed E-state index contributed by atoms with van der Waals surface area (Å²) in [7, 11) is 0. The lowest BCUT2D eigenvalue weighted by atomic mass is 9.95. The van der Waals surface area contributed by atoms with Crippen molar-refractivity contribution in [3.8, 4) is 0 Å². The van der Waals surface area contributed by atoms with Crippen LogP contribution in [0.1, 0.15) is 57.1 Å². The zero-order chi connectivity index (χ0) is 14.1. The number of hydrogen-bond acceptors (Lipinski definition) is 2. The molecule has 1 aliphatic carbocycles. The van der Waals surface area contributed by atoms with Crippen molar-refractivity contribution in [1.82, 2.24) is 0 Å². The van der Waals surface area contributed by atoms with Crippen LogP contribution in [0.5, 0.6) is 0 Å². The summed E-state index contributed by atoms with van der Waals surface area (Å²) in [5.41, 5.74) is 7.49.